The lowest BCUT2D eigenvalue weighted by Crippen LogP contribution is -2.31. The minimum Gasteiger partial charge on any atom is -0.412 e. The summed E-state index contributed by atoms with van der Waals surface area (Å²) < 4.78 is 4.11. The normalized spacial score (nSPS) is 9.68. The minimum absolute atomic E-state index is 0. The number of rotatable bonds is 2. The van der Waals surface area contributed by atoms with E-state index in [0.29, 0.717) is 0 Å². The fourth-order valence-corrected chi connectivity index (χ4v) is 1.86. The molecule has 3 nitrogen and oxygen atoms in total. The second-order valence-electron chi connectivity index (χ2n) is 4.00. The van der Waals surface area contributed by atoms with E-state index in [0.717, 1.165) is 11.4 Å². The second kappa shape index (κ2) is 5.89. The van der Waals surface area contributed by atoms with Crippen LogP contribution in [0.5, 0.6) is 0 Å². The molecule has 3 rings (SSSR count). The fourth-order valence-electron chi connectivity index (χ4n) is 1.86. The fraction of sp³-hybridized carbons (Fsp3) is 0. The highest BCUT2D eigenvalue weighted by Crippen LogP contribution is 2.02. The van der Waals surface area contributed by atoms with Crippen molar-refractivity contribution in [2.45, 2.75) is 0 Å². The van der Waals surface area contributed by atoms with Crippen LogP contribution in [-0.4, -0.2) is 5.48 Å². The van der Waals surface area contributed by atoms with Crippen LogP contribution in [0.25, 0.3) is 11.4 Å². The van der Waals surface area contributed by atoms with Gasteiger partial charge in [-0.3, -0.25) is 0 Å². The molecule has 2 heterocycles. The summed E-state index contributed by atoms with van der Waals surface area (Å²) in [7, 11) is 0. The Hall–Kier alpha value is -2.52. The van der Waals surface area contributed by atoms with Crippen LogP contribution >= 0.6 is 0 Å². The van der Waals surface area contributed by atoms with Crippen molar-refractivity contribution in [2.75, 3.05) is 0 Å². The Morgan fingerprint density at radius 3 is 1.79 bits per heavy atom. The van der Waals surface area contributed by atoms with Gasteiger partial charge < -0.3 is 5.48 Å². The monoisotopic (exact) mass is 251 g/mol. The number of hydrogen-bond acceptors (Lipinski definition) is 0. The van der Waals surface area contributed by atoms with E-state index in [1.54, 1.807) is 0 Å². The first-order valence-electron chi connectivity index (χ1n) is 5.88. The summed E-state index contributed by atoms with van der Waals surface area (Å²) in [5.41, 5.74) is 2.15. The van der Waals surface area contributed by atoms with Gasteiger partial charge in [-0.1, -0.05) is 12.1 Å². The number of pyridine rings is 2. The van der Waals surface area contributed by atoms with Crippen molar-refractivity contribution in [1.82, 2.24) is 0 Å². The number of hydrogen-bond donors (Lipinski definition) is 0. The standard InChI is InChI=1S/C16H13N2.H2O/c1-3-11-17(12-4-1)15-7-9-16(10-8-15)18-13-5-2-6-14-18;/h1-9,11-14H;1H2/q+2;. The third-order valence-corrected chi connectivity index (χ3v) is 2.79. The second-order valence-corrected chi connectivity index (χ2v) is 4.00. The van der Waals surface area contributed by atoms with Crippen LogP contribution in [-0.2, 0) is 0 Å². The zero-order valence-corrected chi connectivity index (χ0v) is 10.4. The van der Waals surface area contributed by atoms with E-state index in [1.165, 1.54) is 0 Å². The molecule has 1 radical (unpaired) electrons. The third kappa shape index (κ3) is 2.84. The van der Waals surface area contributed by atoms with Crippen LogP contribution in [0.3, 0.4) is 0 Å². The Bertz CT molecular complexity index is 563. The number of nitrogens with zero attached hydrogens (tertiary/aromatic N) is 2. The van der Waals surface area contributed by atoms with Crippen molar-refractivity contribution in [1.29, 1.82) is 0 Å². The van der Waals surface area contributed by atoms with Crippen molar-refractivity contribution >= 4 is 0 Å². The van der Waals surface area contributed by atoms with Gasteiger partial charge in [0.15, 0.2) is 24.8 Å². The predicted octanol–water partition coefficient (Wildman–Crippen LogP) is 1.22. The van der Waals surface area contributed by atoms with Gasteiger partial charge in [0.05, 0.1) is 6.07 Å². The lowest BCUT2D eigenvalue weighted by molar-refractivity contribution is -0.599. The Morgan fingerprint density at radius 2 is 1.26 bits per heavy atom. The van der Waals surface area contributed by atoms with Crippen LogP contribution in [0.1, 0.15) is 0 Å². The smallest absolute Gasteiger partial charge is 0.219 e. The van der Waals surface area contributed by atoms with Gasteiger partial charge in [0.25, 0.3) is 0 Å². The van der Waals surface area contributed by atoms with Gasteiger partial charge in [0, 0.05) is 42.5 Å². The van der Waals surface area contributed by atoms with Gasteiger partial charge in [-0.2, -0.15) is 9.13 Å². The summed E-state index contributed by atoms with van der Waals surface area (Å²) in [6.45, 7) is 0. The molecule has 0 amide bonds. The molecule has 93 valence electrons. The van der Waals surface area contributed by atoms with Crippen molar-refractivity contribution in [3.8, 4) is 11.4 Å². The summed E-state index contributed by atoms with van der Waals surface area (Å²) in [6.07, 6.45) is 8.08. The molecular formula is C16H15N2O+2. The SMILES string of the molecule is O.[c]1cc(-[n+]2ccccc2)ccc1-[n+]1ccccc1. The number of aromatic nitrogens is 2. The van der Waals surface area contributed by atoms with E-state index in [4.69, 9.17) is 0 Å². The summed E-state index contributed by atoms with van der Waals surface area (Å²) in [5.74, 6) is 0. The zero-order chi connectivity index (χ0) is 12.2. The van der Waals surface area contributed by atoms with Gasteiger partial charge >= 0.3 is 0 Å². The molecule has 1 aromatic carbocycles. The highest BCUT2D eigenvalue weighted by Gasteiger charge is 2.08. The Balaban J connectivity index is 0.00000133. The van der Waals surface area contributed by atoms with Crippen LogP contribution in [0, 0.1) is 6.07 Å². The lowest BCUT2D eigenvalue weighted by atomic mass is 10.2. The summed E-state index contributed by atoms with van der Waals surface area (Å²) >= 11 is 0. The molecule has 3 heteroatoms. The molecule has 2 aromatic heterocycles. The van der Waals surface area contributed by atoms with Crippen LogP contribution in [0.2, 0.25) is 0 Å². The molecule has 0 spiro atoms. The Morgan fingerprint density at radius 1 is 0.684 bits per heavy atom. The van der Waals surface area contributed by atoms with E-state index < -0.39 is 0 Å². The highest BCUT2D eigenvalue weighted by molar-refractivity contribution is 5.30. The zero-order valence-electron chi connectivity index (χ0n) is 10.4. The van der Waals surface area contributed by atoms with Gasteiger partial charge in [-0.25, -0.2) is 0 Å². The van der Waals surface area contributed by atoms with E-state index >= 15 is 0 Å². The van der Waals surface area contributed by atoms with E-state index in [1.807, 2.05) is 71.8 Å². The van der Waals surface area contributed by atoms with E-state index in [-0.39, 0.29) is 5.48 Å². The molecular weight excluding hydrogens is 236 g/mol. The van der Waals surface area contributed by atoms with Crippen LogP contribution in [0.15, 0.2) is 79.4 Å². The lowest BCUT2D eigenvalue weighted by Gasteiger charge is -1.96. The maximum atomic E-state index is 3.29. The van der Waals surface area contributed by atoms with E-state index in [2.05, 4.69) is 22.8 Å². The van der Waals surface area contributed by atoms with Crippen molar-refractivity contribution < 1.29 is 14.6 Å². The molecule has 0 unspecified atom stereocenters. The van der Waals surface area contributed by atoms with Crippen LogP contribution < -0.4 is 9.13 Å². The molecule has 3 aromatic rings. The Labute approximate surface area is 112 Å². The molecule has 2 N–H and O–H groups in total. The van der Waals surface area contributed by atoms with E-state index in [9.17, 15) is 0 Å². The largest absolute Gasteiger partial charge is 0.412 e. The maximum Gasteiger partial charge on any atom is 0.219 e. The number of benzene rings is 1. The first-order chi connectivity index (χ1) is 8.93. The highest BCUT2D eigenvalue weighted by atomic mass is 16.0. The van der Waals surface area contributed by atoms with Gasteiger partial charge in [0.1, 0.15) is 0 Å². The summed E-state index contributed by atoms with van der Waals surface area (Å²) in [6, 6.07) is 21.5. The molecule has 0 fully saturated rings. The third-order valence-electron chi connectivity index (χ3n) is 2.79. The minimum atomic E-state index is 0. The first-order valence-corrected chi connectivity index (χ1v) is 5.88. The molecule has 0 saturated carbocycles. The Kier molecular flexibility index (Phi) is 4.00. The molecule has 0 aliphatic heterocycles. The first kappa shape index (κ1) is 12.9. The van der Waals surface area contributed by atoms with Gasteiger partial charge in [-0.05, 0) is 0 Å². The quantitative estimate of drug-likeness (QED) is 0.614. The maximum absolute atomic E-state index is 3.29. The molecule has 0 aliphatic carbocycles. The average Bonchev–Trinajstić information content (AvgIpc) is 2.49. The predicted molar refractivity (Wildman–Crippen MR) is 72.0 cm³/mol. The van der Waals surface area contributed by atoms with Gasteiger partial charge in [-0.15, -0.1) is 0 Å². The van der Waals surface area contributed by atoms with Crippen molar-refractivity contribution in [3.63, 3.8) is 0 Å². The average molecular weight is 251 g/mol. The molecule has 19 heavy (non-hydrogen) atoms. The van der Waals surface area contributed by atoms with Crippen LogP contribution in [0.4, 0.5) is 0 Å². The molecule has 0 saturated heterocycles. The molecule has 0 bridgehead atoms. The topological polar surface area (TPSA) is 39.3 Å². The molecule has 0 atom stereocenters. The van der Waals surface area contributed by atoms with Crippen molar-refractivity contribution in [3.05, 3.63) is 85.5 Å². The van der Waals surface area contributed by atoms with Crippen molar-refractivity contribution in [2.24, 2.45) is 0 Å². The van der Waals surface area contributed by atoms with Gasteiger partial charge in [0.2, 0.25) is 11.4 Å². The summed E-state index contributed by atoms with van der Waals surface area (Å²) in [5, 5.41) is 0. The summed E-state index contributed by atoms with van der Waals surface area (Å²) in [4.78, 5) is 0. The molecule has 0 aliphatic rings.